The molecule has 21 heavy (non-hydrogen) atoms. The zero-order valence-corrected chi connectivity index (χ0v) is 11.4. The number of nitrogens with one attached hydrogen (secondary N) is 1. The molecule has 0 aliphatic carbocycles. The number of aryl methyl sites for hydroxylation is 1. The van der Waals surface area contributed by atoms with E-state index in [9.17, 15) is 14.9 Å². The smallest absolute Gasteiger partial charge is 0.261 e. The van der Waals surface area contributed by atoms with Crippen LogP contribution in [-0.2, 0) is 0 Å². The molecule has 0 heterocycles. The van der Waals surface area contributed by atoms with Crippen LogP contribution in [0, 0.1) is 17.0 Å². The molecule has 0 aliphatic heterocycles. The maximum Gasteiger partial charge on any atom is 0.261 e. The molecule has 0 aromatic heterocycles. The number of benzene rings is 2. The summed E-state index contributed by atoms with van der Waals surface area (Å²) < 4.78 is 0. The molecule has 1 N–H and O–H groups in total. The zero-order chi connectivity index (χ0) is 15.2. The molecular formula is C16H14N2O3. The fourth-order valence-corrected chi connectivity index (χ4v) is 1.87. The van der Waals surface area contributed by atoms with Gasteiger partial charge in [-0.25, -0.2) is 0 Å². The second-order valence-electron chi connectivity index (χ2n) is 4.52. The molecule has 106 valence electrons. The molecular weight excluding hydrogens is 268 g/mol. The average molecular weight is 282 g/mol. The van der Waals surface area contributed by atoms with E-state index in [1.807, 2.05) is 19.1 Å². The van der Waals surface area contributed by atoms with Crippen LogP contribution < -0.4 is 5.32 Å². The molecule has 0 saturated carbocycles. The molecule has 0 spiro atoms. The summed E-state index contributed by atoms with van der Waals surface area (Å²) in [6, 6.07) is 15.8. The highest BCUT2D eigenvalue weighted by Crippen LogP contribution is 2.15. The summed E-state index contributed by atoms with van der Waals surface area (Å²) in [5, 5.41) is 13.5. The van der Waals surface area contributed by atoms with E-state index < -0.39 is 10.7 Å². The highest BCUT2D eigenvalue weighted by molar-refractivity contribution is 6.10. The molecule has 2 aromatic carbocycles. The van der Waals surface area contributed by atoms with Crippen molar-refractivity contribution in [1.29, 1.82) is 0 Å². The molecule has 0 amide bonds. The molecule has 0 unspecified atom stereocenters. The number of rotatable bonds is 5. The predicted molar refractivity (Wildman–Crippen MR) is 80.7 cm³/mol. The monoisotopic (exact) mass is 282 g/mol. The molecule has 0 fully saturated rings. The van der Waals surface area contributed by atoms with Gasteiger partial charge in [0.15, 0.2) is 5.70 Å². The maximum atomic E-state index is 12.4. The van der Waals surface area contributed by atoms with E-state index in [0.717, 1.165) is 5.56 Å². The summed E-state index contributed by atoms with van der Waals surface area (Å²) in [4.78, 5) is 22.5. The number of anilines is 1. The van der Waals surface area contributed by atoms with Crippen molar-refractivity contribution in [1.82, 2.24) is 0 Å². The van der Waals surface area contributed by atoms with Gasteiger partial charge >= 0.3 is 0 Å². The Morgan fingerprint density at radius 1 is 1.14 bits per heavy atom. The van der Waals surface area contributed by atoms with Gasteiger partial charge in [-0.3, -0.25) is 14.9 Å². The minimum Gasteiger partial charge on any atom is -0.347 e. The van der Waals surface area contributed by atoms with Crippen LogP contribution in [0.3, 0.4) is 0 Å². The molecule has 5 nitrogen and oxygen atoms in total. The SMILES string of the molecule is Cc1cccc(C(=O)/C(=C/[N+](=O)[O-])Nc2ccccc2)c1. The van der Waals surface area contributed by atoms with E-state index >= 15 is 0 Å². The van der Waals surface area contributed by atoms with Crippen LogP contribution >= 0.6 is 0 Å². The third kappa shape index (κ3) is 4.01. The third-order valence-electron chi connectivity index (χ3n) is 2.81. The number of hydrogen-bond acceptors (Lipinski definition) is 4. The zero-order valence-electron chi connectivity index (χ0n) is 11.4. The first-order valence-corrected chi connectivity index (χ1v) is 6.35. The largest absolute Gasteiger partial charge is 0.347 e. The van der Waals surface area contributed by atoms with Crippen LogP contribution in [0.5, 0.6) is 0 Å². The number of allylic oxidation sites excluding steroid dienone is 1. The van der Waals surface area contributed by atoms with E-state index in [4.69, 9.17) is 0 Å². The van der Waals surface area contributed by atoms with E-state index in [-0.39, 0.29) is 5.70 Å². The van der Waals surface area contributed by atoms with Crippen molar-refractivity contribution < 1.29 is 9.72 Å². The van der Waals surface area contributed by atoms with Crippen LogP contribution in [0.25, 0.3) is 0 Å². The van der Waals surface area contributed by atoms with E-state index in [1.165, 1.54) is 0 Å². The topological polar surface area (TPSA) is 72.2 Å². The number of carbonyl (C=O) groups is 1. The van der Waals surface area contributed by atoms with Crippen molar-refractivity contribution in [2.45, 2.75) is 6.92 Å². The van der Waals surface area contributed by atoms with Crippen LogP contribution in [0.15, 0.2) is 66.5 Å². The van der Waals surface area contributed by atoms with Crippen molar-refractivity contribution in [2.24, 2.45) is 0 Å². The Bertz CT molecular complexity index is 694. The average Bonchev–Trinajstić information content (AvgIpc) is 2.46. The Labute approximate surface area is 122 Å². The minimum absolute atomic E-state index is 0.0724. The van der Waals surface area contributed by atoms with Crippen LogP contribution in [0.2, 0.25) is 0 Å². The predicted octanol–water partition coefficient (Wildman–Crippen LogP) is 3.41. The Balaban J connectivity index is 2.33. The van der Waals surface area contributed by atoms with Crippen LogP contribution in [0.4, 0.5) is 5.69 Å². The number of hydrogen-bond donors (Lipinski definition) is 1. The summed E-state index contributed by atoms with van der Waals surface area (Å²) in [6.45, 7) is 1.86. The minimum atomic E-state index is -0.640. The van der Waals surface area contributed by atoms with Gasteiger partial charge in [-0.2, -0.15) is 0 Å². The Morgan fingerprint density at radius 2 is 1.86 bits per heavy atom. The molecule has 2 rings (SSSR count). The summed E-state index contributed by atoms with van der Waals surface area (Å²) in [6.07, 6.45) is 0.692. The van der Waals surface area contributed by atoms with Gasteiger partial charge in [0.1, 0.15) is 0 Å². The van der Waals surface area contributed by atoms with Crippen molar-refractivity contribution >= 4 is 11.5 Å². The van der Waals surface area contributed by atoms with Gasteiger partial charge in [-0.1, -0.05) is 42.0 Å². The number of carbonyl (C=O) groups excluding carboxylic acids is 1. The first-order chi connectivity index (χ1) is 10.1. The molecule has 0 bridgehead atoms. The van der Waals surface area contributed by atoms with Crippen LogP contribution in [-0.4, -0.2) is 10.7 Å². The summed E-state index contributed by atoms with van der Waals surface area (Å²) in [7, 11) is 0. The summed E-state index contributed by atoms with van der Waals surface area (Å²) >= 11 is 0. The first-order valence-electron chi connectivity index (χ1n) is 6.35. The van der Waals surface area contributed by atoms with Gasteiger partial charge in [-0.05, 0) is 25.1 Å². The Hall–Kier alpha value is -2.95. The normalized spacial score (nSPS) is 11.0. The van der Waals surface area contributed by atoms with Gasteiger partial charge in [0.2, 0.25) is 5.78 Å². The third-order valence-corrected chi connectivity index (χ3v) is 2.81. The summed E-state index contributed by atoms with van der Waals surface area (Å²) in [5.74, 6) is -0.417. The summed E-state index contributed by atoms with van der Waals surface area (Å²) in [5.41, 5.74) is 1.87. The molecule has 0 aliphatic rings. The number of nitrogens with zero attached hydrogens (tertiary/aromatic N) is 1. The number of nitro groups is 1. The lowest BCUT2D eigenvalue weighted by Crippen LogP contribution is -2.13. The fraction of sp³-hybridized carbons (Fsp3) is 0.0625. The fourth-order valence-electron chi connectivity index (χ4n) is 1.87. The quantitative estimate of drug-likeness (QED) is 0.395. The van der Waals surface area contributed by atoms with Crippen molar-refractivity contribution in [3.63, 3.8) is 0 Å². The molecule has 0 atom stereocenters. The second kappa shape index (κ2) is 6.47. The molecule has 2 aromatic rings. The standard InChI is InChI=1S/C16H14N2O3/c1-12-6-5-7-13(10-12)16(19)15(11-18(20)21)17-14-8-3-2-4-9-14/h2-11,17H,1H3/b15-11-. The molecule has 5 heteroatoms. The highest BCUT2D eigenvalue weighted by atomic mass is 16.6. The second-order valence-corrected chi connectivity index (χ2v) is 4.52. The van der Waals surface area contributed by atoms with E-state index in [1.54, 1.807) is 42.5 Å². The lowest BCUT2D eigenvalue weighted by atomic mass is 10.1. The Kier molecular flexibility index (Phi) is 4.46. The van der Waals surface area contributed by atoms with Crippen molar-refractivity contribution in [2.75, 3.05) is 5.32 Å². The number of para-hydroxylation sites is 1. The first kappa shape index (κ1) is 14.5. The lowest BCUT2D eigenvalue weighted by Gasteiger charge is -2.08. The highest BCUT2D eigenvalue weighted by Gasteiger charge is 2.16. The molecule has 0 radical (unpaired) electrons. The number of ketones is 1. The van der Waals surface area contributed by atoms with Gasteiger partial charge < -0.3 is 5.32 Å². The van der Waals surface area contributed by atoms with Crippen molar-refractivity contribution in [3.8, 4) is 0 Å². The van der Waals surface area contributed by atoms with Gasteiger partial charge in [0.05, 0.1) is 4.92 Å². The number of Topliss-reactive ketones (excluding diaryl/α,β-unsaturated/α-hetero) is 1. The molecule has 0 saturated heterocycles. The van der Waals surface area contributed by atoms with Gasteiger partial charge in [0, 0.05) is 11.3 Å². The Morgan fingerprint density at radius 3 is 2.48 bits per heavy atom. The lowest BCUT2D eigenvalue weighted by molar-refractivity contribution is -0.403. The van der Waals surface area contributed by atoms with E-state index in [2.05, 4.69) is 5.32 Å². The maximum absolute atomic E-state index is 12.4. The van der Waals surface area contributed by atoms with Crippen LogP contribution in [0.1, 0.15) is 15.9 Å². The van der Waals surface area contributed by atoms with Crippen molar-refractivity contribution in [3.05, 3.63) is 87.7 Å². The van der Waals surface area contributed by atoms with Gasteiger partial charge in [-0.15, -0.1) is 0 Å². The van der Waals surface area contributed by atoms with Gasteiger partial charge in [0.25, 0.3) is 6.20 Å². The van der Waals surface area contributed by atoms with E-state index in [0.29, 0.717) is 17.5 Å².